The molecular weight excluding hydrogens is 412 g/mol. The van der Waals surface area contributed by atoms with Gasteiger partial charge >= 0.3 is 6.18 Å². The van der Waals surface area contributed by atoms with E-state index in [4.69, 9.17) is 0 Å². The van der Waals surface area contributed by atoms with E-state index < -0.39 is 23.5 Å². The van der Waals surface area contributed by atoms with Crippen molar-refractivity contribution in [3.05, 3.63) is 59.5 Å². The van der Waals surface area contributed by atoms with Crippen molar-refractivity contribution in [1.82, 2.24) is 4.90 Å². The third kappa shape index (κ3) is 4.36. The van der Waals surface area contributed by atoms with Crippen LogP contribution in [0.1, 0.15) is 18.1 Å². The number of hydrogen-bond donors (Lipinski definition) is 2. The van der Waals surface area contributed by atoms with Crippen molar-refractivity contribution in [2.75, 3.05) is 48.3 Å². The van der Waals surface area contributed by atoms with Crippen LogP contribution in [0.5, 0.6) is 0 Å². The zero-order chi connectivity index (χ0) is 22.2. The number of hydrogen-bond acceptors (Lipinski definition) is 4. The van der Waals surface area contributed by atoms with Crippen LogP contribution in [-0.2, 0) is 11.0 Å². The van der Waals surface area contributed by atoms with Crippen LogP contribution in [0.25, 0.3) is 5.57 Å². The number of nitrogens with zero attached hydrogens (tertiary/aromatic N) is 2. The smallest absolute Gasteiger partial charge is 0.368 e. The molecule has 31 heavy (non-hydrogen) atoms. The van der Waals surface area contributed by atoms with Gasteiger partial charge in [0, 0.05) is 55.0 Å². The number of fused-ring (bicyclic) bond motifs is 1. The van der Waals surface area contributed by atoms with Gasteiger partial charge in [-0.3, -0.25) is 4.79 Å². The lowest BCUT2D eigenvalue weighted by molar-refractivity contribution is -0.137. The second-order valence-corrected chi connectivity index (χ2v) is 7.50. The molecule has 2 aliphatic heterocycles. The van der Waals surface area contributed by atoms with Gasteiger partial charge in [-0.05, 0) is 42.9 Å². The van der Waals surface area contributed by atoms with Gasteiger partial charge in [-0.15, -0.1) is 0 Å². The summed E-state index contributed by atoms with van der Waals surface area (Å²) in [5, 5.41) is 5.37. The molecule has 9 heteroatoms. The van der Waals surface area contributed by atoms with E-state index in [0.29, 0.717) is 37.4 Å². The summed E-state index contributed by atoms with van der Waals surface area (Å²) >= 11 is 0. The molecule has 0 atom stereocenters. The first-order chi connectivity index (χ1) is 14.8. The molecule has 0 spiro atoms. The molecule has 2 aromatic rings. The van der Waals surface area contributed by atoms with E-state index in [-0.39, 0.29) is 16.9 Å². The lowest BCUT2D eigenvalue weighted by atomic mass is 10.1. The SMILES string of the molecule is CCN1CCN(c2ccc(N/C=C3/C(=O)Nc4ccc(F)cc43)cc2C(F)(F)F)CC1. The minimum Gasteiger partial charge on any atom is -0.368 e. The Morgan fingerprint density at radius 3 is 2.52 bits per heavy atom. The number of likely N-dealkylation sites (N-methyl/N-ethyl adjacent to an activating group) is 1. The molecule has 1 amide bonds. The number of benzene rings is 2. The topological polar surface area (TPSA) is 47.6 Å². The van der Waals surface area contributed by atoms with Gasteiger partial charge in [0.2, 0.25) is 0 Å². The Bertz CT molecular complexity index is 1030. The summed E-state index contributed by atoms with van der Waals surface area (Å²) in [5.41, 5.74) is 0.572. The number of carbonyl (C=O) groups excluding carboxylic acids is 1. The highest BCUT2D eigenvalue weighted by Gasteiger charge is 2.36. The summed E-state index contributed by atoms with van der Waals surface area (Å²) in [7, 11) is 0. The standard InChI is InChI=1S/C22H22F4N4O/c1-2-29-7-9-30(10-8-29)20-6-4-15(12-18(20)22(24,25)26)27-13-17-16-11-14(23)3-5-19(16)28-21(17)31/h3-6,11-13,27H,2,7-10H2,1H3,(H,28,31)/b17-13+. The van der Waals surface area contributed by atoms with Gasteiger partial charge in [-0.1, -0.05) is 6.92 Å². The molecule has 2 aromatic carbocycles. The van der Waals surface area contributed by atoms with Gasteiger partial charge < -0.3 is 20.4 Å². The van der Waals surface area contributed by atoms with Gasteiger partial charge in [0.1, 0.15) is 5.82 Å². The van der Waals surface area contributed by atoms with Gasteiger partial charge in [0.05, 0.1) is 11.1 Å². The molecule has 0 unspecified atom stereocenters. The first-order valence-corrected chi connectivity index (χ1v) is 10.0. The fraction of sp³-hybridized carbons (Fsp3) is 0.318. The van der Waals surface area contributed by atoms with Crippen LogP contribution >= 0.6 is 0 Å². The second-order valence-electron chi connectivity index (χ2n) is 7.50. The lowest BCUT2D eigenvalue weighted by Crippen LogP contribution is -2.46. The molecule has 5 nitrogen and oxygen atoms in total. The van der Waals surface area contributed by atoms with Crippen LogP contribution in [0.15, 0.2) is 42.6 Å². The quantitative estimate of drug-likeness (QED) is 0.554. The van der Waals surface area contributed by atoms with E-state index in [1.165, 1.54) is 30.5 Å². The summed E-state index contributed by atoms with van der Waals surface area (Å²) in [4.78, 5) is 16.1. The van der Waals surface area contributed by atoms with Crippen molar-refractivity contribution in [2.45, 2.75) is 13.1 Å². The molecule has 1 fully saturated rings. The molecule has 0 aliphatic carbocycles. The fourth-order valence-corrected chi connectivity index (χ4v) is 3.89. The highest BCUT2D eigenvalue weighted by atomic mass is 19.4. The lowest BCUT2D eigenvalue weighted by Gasteiger charge is -2.36. The summed E-state index contributed by atoms with van der Waals surface area (Å²) in [6.45, 7) is 5.38. The summed E-state index contributed by atoms with van der Waals surface area (Å²) in [6.07, 6.45) is -3.22. The number of piperazine rings is 1. The van der Waals surface area contributed by atoms with Crippen LogP contribution in [0.3, 0.4) is 0 Å². The minimum atomic E-state index is -4.53. The Balaban J connectivity index is 1.60. The first kappa shape index (κ1) is 21.2. The summed E-state index contributed by atoms with van der Waals surface area (Å²) in [6, 6.07) is 7.92. The average molecular weight is 434 g/mol. The maximum Gasteiger partial charge on any atom is 0.418 e. The largest absolute Gasteiger partial charge is 0.418 e. The third-order valence-electron chi connectivity index (χ3n) is 5.61. The molecule has 164 valence electrons. The van der Waals surface area contributed by atoms with Crippen LogP contribution in [-0.4, -0.2) is 43.5 Å². The summed E-state index contributed by atoms with van der Waals surface area (Å²) in [5.74, 6) is -0.956. The van der Waals surface area contributed by atoms with Crippen molar-refractivity contribution in [3.63, 3.8) is 0 Å². The predicted octanol–water partition coefficient (Wildman–Crippen LogP) is 4.39. The molecule has 1 saturated heterocycles. The Morgan fingerprint density at radius 2 is 1.84 bits per heavy atom. The average Bonchev–Trinajstić information content (AvgIpc) is 3.06. The number of alkyl halides is 3. The van der Waals surface area contributed by atoms with Crippen molar-refractivity contribution in [1.29, 1.82) is 0 Å². The van der Waals surface area contributed by atoms with E-state index in [0.717, 1.165) is 12.6 Å². The number of amides is 1. The molecule has 0 radical (unpaired) electrons. The zero-order valence-corrected chi connectivity index (χ0v) is 16.9. The van der Waals surface area contributed by atoms with Crippen LogP contribution in [0, 0.1) is 5.82 Å². The van der Waals surface area contributed by atoms with Crippen molar-refractivity contribution in [3.8, 4) is 0 Å². The van der Waals surface area contributed by atoms with Gasteiger partial charge in [0.25, 0.3) is 5.91 Å². The van der Waals surface area contributed by atoms with Crippen molar-refractivity contribution >= 4 is 28.5 Å². The van der Waals surface area contributed by atoms with Gasteiger partial charge in [-0.25, -0.2) is 4.39 Å². The number of nitrogens with one attached hydrogen (secondary N) is 2. The highest BCUT2D eigenvalue weighted by Crippen LogP contribution is 2.39. The molecule has 2 heterocycles. The normalized spacial score (nSPS) is 18.3. The monoisotopic (exact) mass is 434 g/mol. The Morgan fingerprint density at radius 1 is 1.10 bits per heavy atom. The number of halogens is 4. The molecule has 0 saturated carbocycles. The second kappa shape index (κ2) is 8.22. The molecule has 0 aromatic heterocycles. The Labute approximate surface area is 177 Å². The molecule has 2 N–H and O–H groups in total. The third-order valence-corrected chi connectivity index (χ3v) is 5.61. The van der Waals surface area contributed by atoms with Crippen LogP contribution in [0.4, 0.5) is 34.6 Å². The van der Waals surface area contributed by atoms with Crippen molar-refractivity contribution in [2.24, 2.45) is 0 Å². The number of carbonyl (C=O) groups is 1. The van der Waals surface area contributed by atoms with Crippen LogP contribution in [0.2, 0.25) is 0 Å². The van der Waals surface area contributed by atoms with E-state index in [1.54, 1.807) is 11.0 Å². The predicted molar refractivity (Wildman–Crippen MR) is 112 cm³/mol. The van der Waals surface area contributed by atoms with E-state index >= 15 is 0 Å². The Kier molecular flexibility index (Phi) is 5.62. The maximum absolute atomic E-state index is 13.8. The first-order valence-electron chi connectivity index (χ1n) is 10.0. The zero-order valence-electron chi connectivity index (χ0n) is 16.9. The van der Waals surface area contributed by atoms with Crippen molar-refractivity contribution < 1.29 is 22.4 Å². The molecular formula is C22H22F4N4O. The van der Waals surface area contributed by atoms with Crippen LogP contribution < -0.4 is 15.5 Å². The summed E-state index contributed by atoms with van der Waals surface area (Å²) < 4.78 is 54.9. The van der Waals surface area contributed by atoms with E-state index in [1.807, 2.05) is 6.92 Å². The minimum absolute atomic E-state index is 0.146. The molecule has 2 aliphatic rings. The molecule has 4 rings (SSSR count). The van der Waals surface area contributed by atoms with E-state index in [9.17, 15) is 22.4 Å². The Hall–Kier alpha value is -3.07. The van der Waals surface area contributed by atoms with Gasteiger partial charge in [-0.2, -0.15) is 13.2 Å². The number of rotatable bonds is 4. The van der Waals surface area contributed by atoms with Gasteiger partial charge in [0.15, 0.2) is 0 Å². The maximum atomic E-state index is 13.8. The number of anilines is 3. The molecule has 0 bridgehead atoms. The van der Waals surface area contributed by atoms with E-state index in [2.05, 4.69) is 15.5 Å². The highest BCUT2D eigenvalue weighted by molar-refractivity contribution is 6.31. The fourth-order valence-electron chi connectivity index (χ4n) is 3.89.